The van der Waals surface area contributed by atoms with Gasteiger partial charge in [0.1, 0.15) is 5.00 Å². The fourth-order valence-electron chi connectivity index (χ4n) is 2.55. The normalized spacial score (nSPS) is 12.4. The zero-order chi connectivity index (χ0) is 18.0. The Morgan fingerprint density at radius 1 is 1.32 bits per heavy atom. The number of amides is 1. The van der Waals surface area contributed by atoms with Crippen LogP contribution in [0.5, 0.6) is 0 Å². The molecular formula is C15H14BrN3O3S3. The molecule has 2 heterocycles. The highest BCUT2D eigenvalue weighted by Gasteiger charge is 2.27. The van der Waals surface area contributed by atoms with E-state index in [0.717, 1.165) is 29.3 Å². The predicted molar refractivity (Wildman–Crippen MR) is 107 cm³/mol. The number of hydrogen-bond donors (Lipinski definition) is 3. The van der Waals surface area contributed by atoms with E-state index in [0.29, 0.717) is 15.4 Å². The van der Waals surface area contributed by atoms with E-state index in [2.05, 4.69) is 32.1 Å². The molecule has 6 nitrogen and oxygen atoms in total. The summed E-state index contributed by atoms with van der Waals surface area (Å²) in [7, 11) is 1.36. The van der Waals surface area contributed by atoms with E-state index in [-0.39, 0.29) is 17.0 Å². The monoisotopic (exact) mass is 459 g/mol. The van der Waals surface area contributed by atoms with Gasteiger partial charge in [-0.15, -0.1) is 22.7 Å². The highest BCUT2D eigenvalue weighted by atomic mass is 79.9. The number of nitrogens with one attached hydrogen (secondary N) is 3. The first-order chi connectivity index (χ1) is 12.0. The van der Waals surface area contributed by atoms with Crippen molar-refractivity contribution in [2.24, 2.45) is 0 Å². The summed E-state index contributed by atoms with van der Waals surface area (Å²) in [6, 6.07) is 1.72. The lowest BCUT2D eigenvalue weighted by Gasteiger charge is -2.11. The number of carbonyl (C=O) groups excluding carboxylic acids is 2. The van der Waals surface area contributed by atoms with Crippen LogP contribution in [-0.4, -0.2) is 24.1 Å². The number of ether oxygens (including phenoxy) is 1. The maximum absolute atomic E-state index is 12.1. The Balaban J connectivity index is 1.65. The molecule has 1 amide bonds. The molecule has 132 valence electrons. The summed E-state index contributed by atoms with van der Waals surface area (Å²) in [5, 5.41) is 5.65. The standard InChI is InChI=1S/C15H14BrN3O3S3/c1-22-14(21)11-8-3-2-4-9(8)25-13(11)17-15(23)19-18-12(20)10-5-7(16)6-24-10/h5-6H,2-4H2,1H3,(H,18,20)(H2,17,19,23). The molecule has 10 heteroatoms. The van der Waals surface area contributed by atoms with E-state index in [1.54, 1.807) is 6.07 Å². The Morgan fingerprint density at radius 3 is 2.80 bits per heavy atom. The second-order valence-corrected chi connectivity index (χ2v) is 8.56. The lowest BCUT2D eigenvalue weighted by atomic mass is 10.1. The number of methoxy groups -OCH3 is 1. The number of carbonyl (C=O) groups is 2. The molecule has 0 unspecified atom stereocenters. The molecule has 0 atom stereocenters. The van der Waals surface area contributed by atoms with Gasteiger partial charge in [0.25, 0.3) is 5.91 Å². The first-order valence-electron chi connectivity index (χ1n) is 7.33. The van der Waals surface area contributed by atoms with Crippen LogP contribution in [0.3, 0.4) is 0 Å². The summed E-state index contributed by atoms with van der Waals surface area (Å²) in [6.45, 7) is 0. The maximum atomic E-state index is 12.1. The smallest absolute Gasteiger partial charge is 0.341 e. The minimum Gasteiger partial charge on any atom is -0.465 e. The van der Waals surface area contributed by atoms with Crippen LogP contribution in [0, 0.1) is 0 Å². The third-order valence-electron chi connectivity index (χ3n) is 3.62. The molecule has 3 rings (SSSR count). The van der Waals surface area contributed by atoms with Gasteiger partial charge >= 0.3 is 5.97 Å². The first-order valence-corrected chi connectivity index (χ1v) is 10.2. The van der Waals surface area contributed by atoms with Crippen LogP contribution >= 0.6 is 50.8 Å². The van der Waals surface area contributed by atoms with Crippen LogP contribution in [0.4, 0.5) is 5.00 Å². The van der Waals surface area contributed by atoms with Crippen molar-refractivity contribution < 1.29 is 14.3 Å². The molecule has 0 aliphatic heterocycles. The molecule has 0 radical (unpaired) electrons. The molecule has 0 saturated heterocycles. The van der Waals surface area contributed by atoms with Crippen molar-refractivity contribution >= 4 is 72.8 Å². The fourth-order valence-corrected chi connectivity index (χ4v) is 5.37. The first kappa shape index (κ1) is 18.3. The number of fused-ring (bicyclic) bond motifs is 1. The molecular weight excluding hydrogens is 446 g/mol. The van der Waals surface area contributed by atoms with E-state index in [9.17, 15) is 9.59 Å². The van der Waals surface area contributed by atoms with Crippen molar-refractivity contribution in [1.82, 2.24) is 10.9 Å². The number of aryl methyl sites for hydroxylation is 1. The number of rotatable bonds is 3. The SMILES string of the molecule is COC(=O)c1c(NC(=S)NNC(=O)c2cc(Br)cs2)sc2c1CCC2. The minimum absolute atomic E-state index is 0.203. The summed E-state index contributed by atoms with van der Waals surface area (Å²) >= 11 is 11.3. The predicted octanol–water partition coefficient (Wildman–Crippen LogP) is 3.48. The number of thiophene rings is 2. The Hall–Kier alpha value is -1.49. The molecule has 3 N–H and O–H groups in total. The average molecular weight is 460 g/mol. The van der Waals surface area contributed by atoms with E-state index >= 15 is 0 Å². The van der Waals surface area contributed by atoms with Gasteiger partial charge in [0.2, 0.25) is 0 Å². The molecule has 25 heavy (non-hydrogen) atoms. The highest BCUT2D eigenvalue weighted by Crippen LogP contribution is 2.39. The number of esters is 1. The molecule has 0 spiro atoms. The third-order valence-corrected chi connectivity index (χ3v) is 6.72. The van der Waals surface area contributed by atoms with Crippen LogP contribution in [0.1, 0.15) is 36.9 Å². The summed E-state index contributed by atoms with van der Waals surface area (Å²) in [5.74, 6) is -0.668. The molecule has 0 saturated carbocycles. The van der Waals surface area contributed by atoms with E-state index < -0.39 is 0 Å². The molecule has 2 aromatic heterocycles. The number of hydrazine groups is 1. The van der Waals surface area contributed by atoms with Crippen molar-refractivity contribution in [1.29, 1.82) is 0 Å². The topological polar surface area (TPSA) is 79.5 Å². The van der Waals surface area contributed by atoms with Gasteiger partial charge in [0.15, 0.2) is 5.11 Å². The van der Waals surface area contributed by atoms with Gasteiger partial charge < -0.3 is 10.1 Å². The fraction of sp³-hybridized carbons (Fsp3) is 0.267. The molecule has 0 bridgehead atoms. The van der Waals surface area contributed by atoms with Crippen LogP contribution < -0.4 is 16.2 Å². The van der Waals surface area contributed by atoms with Crippen molar-refractivity contribution in [3.05, 3.63) is 36.8 Å². The summed E-state index contributed by atoms with van der Waals surface area (Å²) in [5.41, 5.74) is 6.76. The van der Waals surface area contributed by atoms with E-state index in [4.69, 9.17) is 17.0 Å². The van der Waals surface area contributed by atoms with Crippen LogP contribution in [0.2, 0.25) is 0 Å². The highest BCUT2D eigenvalue weighted by molar-refractivity contribution is 9.10. The van der Waals surface area contributed by atoms with Crippen LogP contribution in [0.15, 0.2) is 15.9 Å². The van der Waals surface area contributed by atoms with Crippen LogP contribution in [-0.2, 0) is 17.6 Å². The van der Waals surface area contributed by atoms with Gasteiger partial charge in [-0.2, -0.15) is 0 Å². The zero-order valence-electron chi connectivity index (χ0n) is 13.1. The van der Waals surface area contributed by atoms with Crippen LogP contribution in [0.25, 0.3) is 0 Å². The largest absolute Gasteiger partial charge is 0.465 e. The van der Waals surface area contributed by atoms with Crippen molar-refractivity contribution in [3.63, 3.8) is 0 Å². The summed E-state index contributed by atoms with van der Waals surface area (Å²) in [4.78, 5) is 25.8. The lowest BCUT2D eigenvalue weighted by molar-refractivity contribution is 0.0601. The Bertz CT molecular complexity index is 846. The van der Waals surface area contributed by atoms with Crippen molar-refractivity contribution in [2.45, 2.75) is 19.3 Å². The average Bonchev–Trinajstić information content (AvgIpc) is 3.27. The number of anilines is 1. The molecule has 0 fully saturated rings. The maximum Gasteiger partial charge on any atom is 0.341 e. The Morgan fingerprint density at radius 2 is 2.12 bits per heavy atom. The van der Waals surface area contributed by atoms with Gasteiger partial charge in [-0.05, 0) is 59.0 Å². The second kappa shape index (κ2) is 7.81. The quantitative estimate of drug-likeness (QED) is 0.370. The molecule has 0 aromatic carbocycles. The van der Waals surface area contributed by atoms with E-state index in [1.807, 2.05) is 5.38 Å². The number of hydrogen-bond acceptors (Lipinski definition) is 6. The Kier molecular flexibility index (Phi) is 5.72. The van der Waals surface area contributed by atoms with Gasteiger partial charge in [-0.3, -0.25) is 15.6 Å². The minimum atomic E-state index is -0.378. The van der Waals surface area contributed by atoms with Gasteiger partial charge in [0.05, 0.1) is 17.6 Å². The van der Waals surface area contributed by atoms with Gasteiger partial charge in [0, 0.05) is 14.7 Å². The summed E-state index contributed by atoms with van der Waals surface area (Å²) < 4.78 is 5.74. The van der Waals surface area contributed by atoms with Gasteiger partial charge in [-0.25, -0.2) is 4.79 Å². The third kappa shape index (κ3) is 4.02. The molecule has 1 aliphatic rings. The number of thiocarbonyl (C=S) groups is 1. The molecule has 1 aliphatic carbocycles. The van der Waals surface area contributed by atoms with E-state index in [1.165, 1.54) is 34.7 Å². The second-order valence-electron chi connectivity index (χ2n) is 5.22. The Labute approximate surface area is 166 Å². The lowest BCUT2D eigenvalue weighted by Crippen LogP contribution is -2.43. The van der Waals surface area contributed by atoms with Gasteiger partial charge in [-0.1, -0.05) is 0 Å². The van der Waals surface area contributed by atoms with Crippen molar-refractivity contribution in [3.8, 4) is 0 Å². The molecule has 2 aromatic rings. The summed E-state index contributed by atoms with van der Waals surface area (Å²) in [6.07, 6.45) is 2.86. The number of halogens is 1. The van der Waals surface area contributed by atoms with Crippen molar-refractivity contribution in [2.75, 3.05) is 12.4 Å². The zero-order valence-corrected chi connectivity index (χ0v) is 17.1.